The van der Waals surface area contributed by atoms with E-state index in [1.807, 2.05) is 0 Å². The Morgan fingerprint density at radius 1 is 1.56 bits per heavy atom. The molecule has 1 unspecified atom stereocenters. The van der Waals surface area contributed by atoms with E-state index in [1.165, 1.54) is 0 Å². The minimum absolute atomic E-state index is 0.132. The Labute approximate surface area is 97.7 Å². The van der Waals surface area contributed by atoms with Crippen molar-refractivity contribution in [2.24, 2.45) is 0 Å². The zero-order chi connectivity index (χ0) is 11.7. The van der Waals surface area contributed by atoms with Crippen LogP contribution < -0.4 is 4.74 Å². The second-order valence-corrected chi connectivity index (χ2v) is 4.02. The van der Waals surface area contributed by atoms with E-state index in [4.69, 9.17) is 26.2 Å². The molecule has 0 aliphatic carbocycles. The third kappa shape index (κ3) is 1.86. The fraction of sp³-hybridized carbons (Fsp3) is 0.364. The van der Waals surface area contributed by atoms with Crippen LogP contribution in [-0.4, -0.2) is 17.9 Å². The van der Waals surface area contributed by atoms with Crippen molar-refractivity contribution in [3.63, 3.8) is 0 Å². The molecule has 1 aromatic carbocycles. The molecule has 0 radical (unpaired) electrons. The Hall–Kier alpha value is -1.26. The lowest BCUT2D eigenvalue weighted by molar-refractivity contribution is -0.138. The van der Waals surface area contributed by atoms with Gasteiger partial charge in [0.2, 0.25) is 0 Å². The molecule has 1 heterocycles. The first-order valence-electron chi connectivity index (χ1n) is 4.86. The van der Waals surface area contributed by atoms with E-state index in [0.29, 0.717) is 22.9 Å². The van der Waals surface area contributed by atoms with Gasteiger partial charge in [0, 0.05) is 16.1 Å². The van der Waals surface area contributed by atoms with Crippen LogP contribution in [0.1, 0.15) is 24.0 Å². The van der Waals surface area contributed by atoms with Crippen molar-refractivity contribution in [1.29, 1.82) is 0 Å². The fourth-order valence-corrected chi connectivity index (χ4v) is 1.85. The highest BCUT2D eigenvalue weighted by molar-refractivity contribution is 6.31. The van der Waals surface area contributed by atoms with Crippen LogP contribution in [0, 0.1) is 0 Å². The van der Waals surface area contributed by atoms with Gasteiger partial charge >= 0.3 is 5.97 Å². The van der Waals surface area contributed by atoms with Crippen LogP contribution in [0.4, 0.5) is 0 Å². The molecular weight excluding hydrogens is 232 g/mol. The first-order valence-corrected chi connectivity index (χ1v) is 5.23. The normalized spacial score (nSPS) is 16.1. The zero-order valence-electron chi connectivity index (χ0n) is 8.70. The lowest BCUT2D eigenvalue weighted by Gasteiger charge is -2.23. The number of carbonyl (C=O) groups is 1. The van der Waals surface area contributed by atoms with Gasteiger partial charge in [-0.15, -0.1) is 0 Å². The molecular formula is C11H11ClO4. The van der Waals surface area contributed by atoms with Crippen molar-refractivity contribution in [3.05, 3.63) is 28.3 Å². The number of carboxylic acid groups (broad SMARTS) is 1. The summed E-state index contributed by atoms with van der Waals surface area (Å²) >= 11 is 5.99. The molecule has 0 amide bonds. The highest BCUT2D eigenvalue weighted by Crippen LogP contribution is 2.37. The van der Waals surface area contributed by atoms with Gasteiger partial charge in [-0.3, -0.25) is 4.79 Å². The van der Waals surface area contributed by atoms with Gasteiger partial charge in [0.15, 0.2) is 6.79 Å². The van der Waals surface area contributed by atoms with E-state index in [2.05, 4.69) is 0 Å². The van der Waals surface area contributed by atoms with Crippen molar-refractivity contribution >= 4 is 17.6 Å². The number of benzene rings is 1. The van der Waals surface area contributed by atoms with Gasteiger partial charge in [-0.05, 0) is 13.0 Å². The van der Waals surface area contributed by atoms with Gasteiger partial charge in [-0.25, -0.2) is 0 Å². The molecule has 1 aliphatic rings. The summed E-state index contributed by atoms with van der Waals surface area (Å²) in [6.07, 6.45) is 0. The van der Waals surface area contributed by atoms with Gasteiger partial charge in [0.05, 0.1) is 12.5 Å². The number of rotatable bonds is 2. The monoisotopic (exact) mass is 242 g/mol. The van der Waals surface area contributed by atoms with Crippen molar-refractivity contribution in [2.75, 3.05) is 6.79 Å². The highest BCUT2D eigenvalue weighted by atomic mass is 35.5. The Morgan fingerprint density at radius 3 is 3.00 bits per heavy atom. The van der Waals surface area contributed by atoms with Crippen LogP contribution in [0.5, 0.6) is 5.75 Å². The summed E-state index contributed by atoms with van der Waals surface area (Å²) in [4.78, 5) is 11.0. The van der Waals surface area contributed by atoms with E-state index in [1.54, 1.807) is 19.1 Å². The molecule has 5 heteroatoms. The molecule has 4 nitrogen and oxygen atoms in total. The second-order valence-electron chi connectivity index (χ2n) is 3.61. The molecule has 1 aromatic rings. The summed E-state index contributed by atoms with van der Waals surface area (Å²) in [6, 6.07) is 3.36. The van der Waals surface area contributed by atoms with Crippen LogP contribution in [0.15, 0.2) is 12.1 Å². The third-order valence-electron chi connectivity index (χ3n) is 2.60. The first kappa shape index (κ1) is 11.2. The highest BCUT2D eigenvalue weighted by Gasteiger charge is 2.24. The first-order chi connectivity index (χ1) is 7.61. The van der Waals surface area contributed by atoms with Crippen molar-refractivity contribution in [3.8, 4) is 5.75 Å². The van der Waals surface area contributed by atoms with E-state index in [9.17, 15) is 4.79 Å². The molecule has 1 N–H and O–H groups in total. The molecule has 2 rings (SSSR count). The van der Waals surface area contributed by atoms with E-state index in [0.717, 1.165) is 5.56 Å². The molecule has 0 bridgehead atoms. The molecule has 0 saturated carbocycles. The summed E-state index contributed by atoms with van der Waals surface area (Å²) in [6.45, 7) is 2.10. The number of halogens is 1. The number of ether oxygens (including phenoxy) is 2. The molecule has 1 aliphatic heterocycles. The second kappa shape index (κ2) is 4.31. The topological polar surface area (TPSA) is 55.8 Å². The van der Waals surface area contributed by atoms with Gasteiger partial charge in [-0.1, -0.05) is 17.7 Å². The maximum absolute atomic E-state index is 11.0. The predicted octanol–water partition coefficient (Wildman–Crippen LogP) is 2.39. The Bertz CT molecular complexity index is 430. The SMILES string of the molecule is CC(C(=O)O)c1ccc(Cl)c2c1OCOC2. The number of hydrogen-bond donors (Lipinski definition) is 1. The molecule has 0 fully saturated rings. The van der Waals surface area contributed by atoms with E-state index < -0.39 is 11.9 Å². The summed E-state index contributed by atoms with van der Waals surface area (Å²) in [7, 11) is 0. The minimum Gasteiger partial charge on any atom is -0.481 e. The number of carboxylic acids is 1. The van der Waals surface area contributed by atoms with Crippen LogP contribution >= 0.6 is 11.6 Å². The zero-order valence-corrected chi connectivity index (χ0v) is 9.45. The lowest BCUT2D eigenvalue weighted by Crippen LogP contribution is -2.16. The molecule has 86 valence electrons. The summed E-state index contributed by atoms with van der Waals surface area (Å²) in [5, 5.41) is 9.52. The van der Waals surface area contributed by atoms with Gasteiger partial charge < -0.3 is 14.6 Å². The smallest absolute Gasteiger partial charge is 0.310 e. The van der Waals surface area contributed by atoms with Crippen molar-refractivity contribution < 1.29 is 19.4 Å². The fourth-order valence-electron chi connectivity index (χ4n) is 1.65. The van der Waals surface area contributed by atoms with Crippen LogP contribution in [0.3, 0.4) is 0 Å². The molecule has 0 saturated heterocycles. The van der Waals surface area contributed by atoms with Crippen LogP contribution in [-0.2, 0) is 16.1 Å². The summed E-state index contributed by atoms with van der Waals surface area (Å²) in [5.74, 6) is -0.961. The maximum atomic E-state index is 11.0. The van der Waals surface area contributed by atoms with Crippen molar-refractivity contribution in [2.45, 2.75) is 19.4 Å². The van der Waals surface area contributed by atoms with Gasteiger partial charge in [0.25, 0.3) is 0 Å². The average molecular weight is 243 g/mol. The largest absolute Gasteiger partial charge is 0.481 e. The number of hydrogen-bond acceptors (Lipinski definition) is 3. The standard InChI is InChI=1S/C11H11ClO4/c1-6(11(13)14)7-2-3-9(12)8-4-15-5-16-10(7)8/h2-3,6H,4-5H2,1H3,(H,13,14). The van der Waals surface area contributed by atoms with E-state index >= 15 is 0 Å². The van der Waals surface area contributed by atoms with Crippen LogP contribution in [0.2, 0.25) is 5.02 Å². The Kier molecular flexibility index (Phi) is 3.03. The quantitative estimate of drug-likeness (QED) is 0.865. The number of fused-ring (bicyclic) bond motifs is 1. The molecule has 16 heavy (non-hydrogen) atoms. The van der Waals surface area contributed by atoms with Crippen LogP contribution in [0.25, 0.3) is 0 Å². The summed E-state index contributed by atoms with van der Waals surface area (Å²) < 4.78 is 10.5. The summed E-state index contributed by atoms with van der Waals surface area (Å²) in [5.41, 5.74) is 1.36. The number of aliphatic carboxylic acids is 1. The molecule has 0 spiro atoms. The average Bonchev–Trinajstić information content (AvgIpc) is 2.29. The Balaban J connectivity index is 2.50. The van der Waals surface area contributed by atoms with Gasteiger partial charge in [0.1, 0.15) is 5.75 Å². The van der Waals surface area contributed by atoms with Crippen molar-refractivity contribution in [1.82, 2.24) is 0 Å². The minimum atomic E-state index is -0.889. The predicted molar refractivity (Wildman–Crippen MR) is 57.8 cm³/mol. The lowest BCUT2D eigenvalue weighted by atomic mass is 9.97. The molecule has 0 aromatic heterocycles. The van der Waals surface area contributed by atoms with E-state index in [-0.39, 0.29) is 6.79 Å². The van der Waals surface area contributed by atoms with Gasteiger partial charge in [-0.2, -0.15) is 0 Å². The third-order valence-corrected chi connectivity index (χ3v) is 2.96. The molecule has 1 atom stereocenters. The Morgan fingerprint density at radius 2 is 2.31 bits per heavy atom. The maximum Gasteiger partial charge on any atom is 0.310 e.